The van der Waals surface area contributed by atoms with Crippen LogP contribution in [0.1, 0.15) is 10.4 Å². The summed E-state index contributed by atoms with van der Waals surface area (Å²) in [6, 6.07) is 15.6. The summed E-state index contributed by atoms with van der Waals surface area (Å²) in [5.41, 5.74) is 1.19. The van der Waals surface area contributed by atoms with Gasteiger partial charge in [-0.3, -0.25) is 14.8 Å². The van der Waals surface area contributed by atoms with Gasteiger partial charge in [-0.15, -0.1) is 20.4 Å². The van der Waals surface area contributed by atoms with Crippen molar-refractivity contribution in [2.24, 2.45) is 0 Å². The minimum Gasteiger partial charge on any atom is -0.497 e. The van der Waals surface area contributed by atoms with Crippen LogP contribution in [0.5, 0.6) is 5.75 Å². The molecule has 0 aliphatic carbocycles. The zero-order chi connectivity index (χ0) is 21.8. The van der Waals surface area contributed by atoms with Gasteiger partial charge in [-0.25, -0.2) is 0 Å². The molecule has 0 bridgehead atoms. The zero-order valence-corrected chi connectivity index (χ0v) is 18.3. The highest BCUT2D eigenvalue weighted by Crippen LogP contribution is 2.30. The van der Waals surface area contributed by atoms with E-state index in [1.165, 1.54) is 0 Å². The van der Waals surface area contributed by atoms with E-state index in [1.807, 2.05) is 0 Å². The normalized spacial score (nSPS) is 11.1. The van der Waals surface area contributed by atoms with Crippen LogP contribution in [0, 0.1) is 0 Å². The fourth-order valence-electron chi connectivity index (χ4n) is 2.40. The van der Waals surface area contributed by atoms with Crippen molar-refractivity contribution in [3.05, 3.63) is 60.2 Å². The Morgan fingerprint density at radius 3 is 2.32 bits per heavy atom. The predicted octanol–water partition coefficient (Wildman–Crippen LogP) is 3.12. The van der Waals surface area contributed by atoms with Gasteiger partial charge in [0.15, 0.2) is 0 Å². The first-order chi connectivity index (χ1) is 14.9. The molecule has 0 saturated carbocycles. The lowest BCUT2D eigenvalue weighted by molar-refractivity contribution is 0.102. The Balaban J connectivity index is 1.46. The van der Waals surface area contributed by atoms with Crippen LogP contribution >= 0.6 is 22.7 Å². The number of benzene rings is 2. The van der Waals surface area contributed by atoms with Crippen LogP contribution in [0.25, 0.3) is 10.6 Å². The molecule has 0 atom stereocenters. The third-order valence-electron chi connectivity index (χ3n) is 3.88. The van der Waals surface area contributed by atoms with E-state index in [9.17, 15) is 13.2 Å². The maximum absolute atomic E-state index is 12.6. The molecule has 10 nitrogen and oxygen atoms in total. The molecule has 0 fully saturated rings. The SMILES string of the molecule is COc1ccc(-c2nnc(NS(=O)(=O)c3nnc(NC(=O)c4ccccc4)s3)s2)cc1. The molecular weight excluding hydrogens is 460 g/mol. The Morgan fingerprint density at radius 1 is 0.903 bits per heavy atom. The molecule has 2 heterocycles. The van der Waals surface area contributed by atoms with Gasteiger partial charge in [0.25, 0.3) is 20.3 Å². The molecule has 0 aliphatic rings. The summed E-state index contributed by atoms with van der Waals surface area (Å²) in [6.45, 7) is 0. The second-order valence-corrected chi connectivity index (χ2v) is 9.75. The summed E-state index contributed by atoms with van der Waals surface area (Å²) in [5, 5.41) is 18.5. The predicted molar refractivity (Wildman–Crippen MR) is 117 cm³/mol. The number of rotatable bonds is 7. The Morgan fingerprint density at radius 2 is 1.61 bits per heavy atom. The standard InChI is InChI=1S/C18H14N6O4S3/c1-28-13-9-7-12(8-10-13)15-20-22-17(29-15)24-31(26,27)18-23-21-16(30-18)19-14(25)11-5-3-2-4-6-11/h2-10H,1H3,(H,22,24)(H,19,21,25). The van der Waals surface area contributed by atoms with Crippen molar-refractivity contribution in [3.63, 3.8) is 0 Å². The van der Waals surface area contributed by atoms with Crippen LogP contribution in [0.15, 0.2) is 58.9 Å². The lowest BCUT2D eigenvalue weighted by Gasteiger charge is -2.00. The van der Waals surface area contributed by atoms with Crippen molar-refractivity contribution in [1.82, 2.24) is 20.4 Å². The van der Waals surface area contributed by atoms with Gasteiger partial charge in [-0.05, 0) is 36.4 Å². The number of methoxy groups -OCH3 is 1. The molecule has 4 aromatic rings. The van der Waals surface area contributed by atoms with Gasteiger partial charge in [0, 0.05) is 11.1 Å². The third-order valence-corrected chi connectivity index (χ3v) is 7.44. The van der Waals surface area contributed by atoms with E-state index in [2.05, 4.69) is 30.4 Å². The van der Waals surface area contributed by atoms with E-state index in [0.717, 1.165) is 28.2 Å². The highest BCUT2D eigenvalue weighted by atomic mass is 32.2. The van der Waals surface area contributed by atoms with E-state index in [0.29, 0.717) is 16.3 Å². The molecule has 0 aliphatic heterocycles. The fraction of sp³-hybridized carbons (Fsp3) is 0.0556. The average Bonchev–Trinajstić information content (AvgIpc) is 3.44. The first-order valence-corrected chi connectivity index (χ1v) is 11.8. The molecule has 0 unspecified atom stereocenters. The van der Waals surface area contributed by atoms with E-state index < -0.39 is 15.9 Å². The molecule has 158 valence electrons. The number of ether oxygens (including phenoxy) is 1. The largest absolute Gasteiger partial charge is 0.497 e. The summed E-state index contributed by atoms with van der Waals surface area (Å²) in [5.74, 6) is 0.280. The van der Waals surface area contributed by atoms with Crippen molar-refractivity contribution in [3.8, 4) is 16.3 Å². The van der Waals surface area contributed by atoms with Gasteiger partial charge in [-0.2, -0.15) is 8.42 Å². The Kier molecular flexibility index (Phi) is 5.88. The number of amides is 1. The molecule has 0 spiro atoms. The molecule has 13 heteroatoms. The number of sulfonamides is 1. The Bertz CT molecular complexity index is 1300. The lowest BCUT2D eigenvalue weighted by Crippen LogP contribution is -2.12. The third kappa shape index (κ3) is 4.84. The van der Waals surface area contributed by atoms with Gasteiger partial charge in [0.2, 0.25) is 10.3 Å². The minimum atomic E-state index is -4.04. The maximum Gasteiger partial charge on any atom is 0.293 e. The topological polar surface area (TPSA) is 136 Å². The molecule has 4 rings (SSSR count). The fourth-order valence-corrected chi connectivity index (χ4v) is 5.28. The smallest absolute Gasteiger partial charge is 0.293 e. The second-order valence-electron chi connectivity index (χ2n) is 5.94. The monoisotopic (exact) mass is 474 g/mol. The van der Waals surface area contributed by atoms with E-state index in [4.69, 9.17) is 4.74 Å². The first kappa shape index (κ1) is 20.8. The second kappa shape index (κ2) is 8.75. The van der Waals surface area contributed by atoms with Gasteiger partial charge in [0.1, 0.15) is 10.8 Å². The van der Waals surface area contributed by atoms with Gasteiger partial charge in [-0.1, -0.05) is 40.9 Å². The zero-order valence-electron chi connectivity index (χ0n) is 15.8. The molecular formula is C18H14N6O4S3. The summed E-state index contributed by atoms with van der Waals surface area (Å²) >= 11 is 1.80. The van der Waals surface area contributed by atoms with Crippen LogP contribution in [0.2, 0.25) is 0 Å². The van der Waals surface area contributed by atoms with Crippen molar-refractivity contribution in [2.75, 3.05) is 17.1 Å². The van der Waals surface area contributed by atoms with Crippen LogP contribution in [0.3, 0.4) is 0 Å². The van der Waals surface area contributed by atoms with Crippen molar-refractivity contribution >= 4 is 48.9 Å². The minimum absolute atomic E-state index is 0.0606. The summed E-state index contributed by atoms with van der Waals surface area (Å²) in [4.78, 5) is 12.2. The van der Waals surface area contributed by atoms with Crippen molar-refractivity contribution < 1.29 is 17.9 Å². The molecule has 0 saturated heterocycles. The Hall–Kier alpha value is -3.42. The number of anilines is 2. The summed E-state index contributed by atoms with van der Waals surface area (Å²) < 4.78 is 32.4. The van der Waals surface area contributed by atoms with E-state index >= 15 is 0 Å². The Labute approximate surface area is 185 Å². The van der Waals surface area contributed by atoms with Gasteiger partial charge < -0.3 is 4.74 Å². The number of carbonyl (C=O) groups excluding carboxylic acids is 1. The van der Waals surface area contributed by atoms with Crippen LogP contribution in [-0.2, 0) is 10.0 Å². The van der Waals surface area contributed by atoms with Crippen LogP contribution in [0.4, 0.5) is 10.3 Å². The quantitative estimate of drug-likeness (QED) is 0.390. The van der Waals surface area contributed by atoms with Crippen LogP contribution in [-0.4, -0.2) is 41.8 Å². The number of aromatic nitrogens is 4. The average molecular weight is 475 g/mol. The van der Waals surface area contributed by atoms with Crippen LogP contribution < -0.4 is 14.8 Å². The molecule has 0 radical (unpaired) electrons. The van der Waals surface area contributed by atoms with E-state index in [1.54, 1.807) is 61.7 Å². The van der Waals surface area contributed by atoms with Crippen molar-refractivity contribution in [1.29, 1.82) is 0 Å². The number of carbonyl (C=O) groups is 1. The number of nitrogens with one attached hydrogen (secondary N) is 2. The summed E-state index contributed by atoms with van der Waals surface area (Å²) in [7, 11) is -2.47. The van der Waals surface area contributed by atoms with Gasteiger partial charge >= 0.3 is 0 Å². The van der Waals surface area contributed by atoms with Gasteiger partial charge in [0.05, 0.1) is 7.11 Å². The first-order valence-electron chi connectivity index (χ1n) is 8.65. The molecule has 2 N–H and O–H groups in total. The highest BCUT2D eigenvalue weighted by Gasteiger charge is 2.23. The number of nitrogens with zero attached hydrogens (tertiary/aromatic N) is 4. The number of hydrogen-bond donors (Lipinski definition) is 2. The molecule has 1 amide bonds. The van der Waals surface area contributed by atoms with E-state index in [-0.39, 0.29) is 14.6 Å². The molecule has 2 aromatic carbocycles. The molecule has 2 aromatic heterocycles. The summed E-state index contributed by atoms with van der Waals surface area (Å²) in [6.07, 6.45) is 0. The molecule has 31 heavy (non-hydrogen) atoms. The van der Waals surface area contributed by atoms with Crippen molar-refractivity contribution in [2.45, 2.75) is 4.34 Å². The lowest BCUT2D eigenvalue weighted by atomic mass is 10.2. The maximum atomic E-state index is 12.6. The highest BCUT2D eigenvalue weighted by molar-refractivity contribution is 7.94. The number of hydrogen-bond acceptors (Lipinski definition) is 10.